The molecule has 0 aromatic carbocycles. The smallest absolute Gasteiger partial charge is 0.187 e. The van der Waals surface area contributed by atoms with Crippen LogP contribution in [0.1, 0.15) is 55.1 Å². The number of rotatable bonds is 6. The molecule has 0 aliphatic carbocycles. The van der Waals surface area contributed by atoms with E-state index in [9.17, 15) is 9.90 Å². The molecule has 2 aromatic heterocycles. The Kier molecular flexibility index (Phi) is 6.40. The maximum Gasteiger partial charge on any atom is 0.187 e. The van der Waals surface area contributed by atoms with E-state index in [0.29, 0.717) is 46.7 Å². The van der Waals surface area contributed by atoms with Crippen LogP contribution < -0.4 is 16.5 Å². The van der Waals surface area contributed by atoms with Crippen LogP contribution in [0.3, 0.4) is 0 Å². The molecular weight excluding hydrogens is 366 g/mol. The maximum absolute atomic E-state index is 12.3. The van der Waals surface area contributed by atoms with E-state index in [1.54, 1.807) is 40.8 Å². The molecule has 154 valence electrons. The highest BCUT2D eigenvalue weighted by Crippen LogP contribution is 2.25. The summed E-state index contributed by atoms with van der Waals surface area (Å²) in [4.78, 5) is 15.5. The Morgan fingerprint density at radius 1 is 1.45 bits per heavy atom. The molecule has 0 aliphatic heterocycles. The number of aliphatic hydroxyl groups is 1. The van der Waals surface area contributed by atoms with Gasteiger partial charge >= 0.3 is 0 Å². The quantitative estimate of drug-likeness (QED) is 0.381. The van der Waals surface area contributed by atoms with Gasteiger partial charge in [-0.05, 0) is 34.6 Å². The second-order valence-corrected chi connectivity index (χ2v) is 7.86. The number of hydrogen-bond donors (Lipinski definition) is 5. The molecule has 0 spiro atoms. The summed E-state index contributed by atoms with van der Waals surface area (Å²) >= 11 is 0. The minimum atomic E-state index is -0.902. The van der Waals surface area contributed by atoms with Crippen molar-refractivity contribution in [1.82, 2.24) is 9.55 Å². The molecule has 7 heteroatoms. The lowest BCUT2D eigenvalue weighted by Gasteiger charge is -2.14. The minimum Gasteiger partial charge on any atom is -0.389 e. The predicted octanol–water partition coefficient (Wildman–Crippen LogP) is 2.58. The third kappa shape index (κ3) is 5.39. The van der Waals surface area contributed by atoms with E-state index in [4.69, 9.17) is 11.1 Å². The van der Waals surface area contributed by atoms with Crippen LogP contribution in [0, 0.1) is 31.1 Å². The first kappa shape index (κ1) is 22.1. The number of aromatic nitrogens is 2. The summed E-state index contributed by atoms with van der Waals surface area (Å²) in [7, 11) is 0. The average molecular weight is 396 g/mol. The summed E-state index contributed by atoms with van der Waals surface area (Å²) in [6.45, 7) is 12.7. The number of anilines is 1. The van der Waals surface area contributed by atoms with E-state index in [1.165, 1.54) is 0 Å². The number of pyridine rings is 1. The fraction of sp³-hybridized carbons (Fsp3) is 0.364. The highest BCUT2D eigenvalue weighted by molar-refractivity contribution is 6.03. The van der Waals surface area contributed by atoms with E-state index in [-0.39, 0.29) is 11.2 Å². The highest BCUT2D eigenvalue weighted by Gasteiger charge is 2.19. The fourth-order valence-corrected chi connectivity index (χ4v) is 2.93. The zero-order valence-electron chi connectivity index (χ0n) is 17.7. The Morgan fingerprint density at radius 3 is 2.66 bits per heavy atom. The van der Waals surface area contributed by atoms with Crippen LogP contribution in [0.5, 0.6) is 0 Å². The van der Waals surface area contributed by atoms with Crippen molar-refractivity contribution in [2.75, 3.05) is 5.32 Å². The maximum atomic E-state index is 12.3. The molecule has 6 N–H and O–H groups in total. The molecule has 2 aromatic rings. The summed E-state index contributed by atoms with van der Waals surface area (Å²) in [5.74, 6) is 6.84. The van der Waals surface area contributed by atoms with Gasteiger partial charge < -0.3 is 31.1 Å². The van der Waals surface area contributed by atoms with Crippen molar-refractivity contribution in [1.29, 1.82) is 5.41 Å². The molecule has 0 fully saturated rings. The summed E-state index contributed by atoms with van der Waals surface area (Å²) < 4.78 is 1.85. The summed E-state index contributed by atoms with van der Waals surface area (Å²) in [6.07, 6.45) is 3.80. The third-order valence-corrected chi connectivity index (χ3v) is 4.42. The van der Waals surface area contributed by atoms with Gasteiger partial charge in [-0.1, -0.05) is 18.4 Å². The largest absolute Gasteiger partial charge is 0.389 e. The molecular formula is C22H29N5O2. The van der Waals surface area contributed by atoms with E-state index in [0.717, 1.165) is 5.69 Å². The van der Waals surface area contributed by atoms with Crippen molar-refractivity contribution in [2.24, 2.45) is 5.73 Å². The normalized spacial score (nSPS) is 11.0. The lowest BCUT2D eigenvalue weighted by atomic mass is 10.0. The van der Waals surface area contributed by atoms with Gasteiger partial charge in [0.15, 0.2) is 5.43 Å². The summed E-state index contributed by atoms with van der Waals surface area (Å²) in [5, 5.41) is 21.1. The number of nitrogens with one attached hydrogen (secondary N) is 3. The standard InChI is InChI=1S/C22H29N5O2/c1-13-10-25-18(14(2)20(13)28)12-27-11-17(8-7-9-22(5,6)29)19(15(3)23)21(27)26-16(4)24/h10-11,23,26,29H,4,9,12,24H2,1-3,5-6H3,(H,25,28). The molecule has 2 heterocycles. The van der Waals surface area contributed by atoms with Crippen LogP contribution in [0.25, 0.3) is 0 Å². The lowest BCUT2D eigenvalue weighted by molar-refractivity contribution is 0.0862. The SMILES string of the molecule is C=C(N)Nc1c(C(C)=N)c(C#CCC(C)(C)O)cn1Cc1[nH]cc(C)c(=O)c1C. The van der Waals surface area contributed by atoms with E-state index in [2.05, 4.69) is 28.7 Å². The van der Waals surface area contributed by atoms with Crippen LogP contribution in [-0.2, 0) is 6.54 Å². The van der Waals surface area contributed by atoms with Crippen LogP contribution in [0.2, 0.25) is 0 Å². The number of H-pyrrole nitrogens is 1. The van der Waals surface area contributed by atoms with Crippen molar-refractivity contribution in [3.63, 3.8) is 0 Å². The first-order valence-electron chi connectivity index (χ1n) is 9.29. The number of nitrogens with two attached hydrogens (primary N) is 1. The van der Waals surface area contributed by atoms with Crippen molar-refractivity contribution in [3.8, 4) is 11.8 Å². The Hall–Kier alpha value is -3.24. The van der Waals surface area contributed by atoms with Crippen molar-refractivity contribution >= 4 is 11.5 Å². The lowest BCUT2D eigenvalue weighted by Crippen LogP contribution is -2.17. The van der Waals surface area contributed by atoms with Crippen molar-refractivity contribution in [2.45, 2.75) is 53.2 Å². The molecule has 0 amide bonds. The zero-order chi connectivity index (χ0) is 21.9. The van der Waals surface area contributed by atoms with Gasteiger partial charge in [-0.15, -0.1) is 0 Å². The van der Waals surface area contributed by atoms with Gasteiger partial charge in [0.25, 0.3) is 0 Å². The Bertz CT molecular complexity index is 1070. The molecule has 2 rings (SSSR count). The van der Waals surface area contributed by atoms with E-state index in [1.807, 2.05) is 10.8 Å². The van der Waals surface area contributed by atoms with Gasteiger partial charge in [0.05, 0.1) is 29.1 Å². The van der Waals surface area contributed by atoms with E-state index < -0.39 is 5.60 Å². The Labute approximate surface area is 171 Å². The number of hydrogen-bond acceptors (Lipinski definition) is 5. The fourth-order valence-electron chi connectivity index (χ4n) is 2.93. The minimum absolute atomic E-state index is 0.00250. The van der Waals surface area contributed by atoms with Crippen LogP contribution >= 0.6 is 0 Å². The molecule has 0 aliphatic rings. The number of aromatic amines is 1. The Balaban J connectivity index is 2.60. The Morgan fingerprint density at radius 2 is 2.10 bits per heavy atom. The van der Waals surface area contributed by atoms with Gasteiger partial charge in [-0.2, -0.15) is 0 Å². The summed E-state index contributed by atoms with van der Waals surface area (Å²) in [6, 6.07) is 0. The first-order valence-corrected chi connectivity index (χ1v) is 9.29. The van der Waals surface area contributed by atoms with Gasteiger partial charge in [0, 0.05) is 41.3 Å². The van der Waals surface area contributed by atoms with Gasteiger partial charge in [-0.25, -0.2) is 0 Å². The molecule has 29 heavy (non-hydrogen) atoms. The second kappa shape index (κ2) is 8.41. The van der Waals surface area contributed by atoms with Crippen LogP contribution in [0.4, 0.5) is 5.82 Å². The van der Waals surface area contributed by atoms with Gasteiger partial charge in [0.2, 0.25) is 0 Å². The van der Waals surface area contributed by atoms with Crippen molar-refractivity contribution < 1.29 is 5.11 Å². The molecule has 0 bridgehead atoms. The zero-order valence-corrected chi connectivity index (χ0v) is 17.7. The van der Waals surface area contributed by atoms with E-state index >= 15 is 0 Å². The molecule has 0 atom stereocenters. The molecule has 0 unspecified atom stereocenters. The first-order chi connectivity index (χ1) is 13.4. The second-order valence-electron chi connectivity index (χ2n) is 7.86. The number of aryl methyl sites for hydroxylation is 1. The van der Waals surface area contributed by atoms with Crippen molar-refractivity contribution in [3.05, 3.63) is 63.0 Å². The number of nitrogens with zero attached hydrogens (tertiary/aromatic N) is 1. The summed E-state index contributed by atoms with van der Waals surface area (Å²) in [5.41, 5.74) is 8.48. The van der Waals surface area contributed by atoms with Gasteiger partial charge in [-0.3, -0.25) is 4.79 Å². The van der Waals surface area contributed by atoms with Gasteiger partial charge in [0.1, 0.15) is 5.82 Å². The molecule has 7 nitrogen and oxygen atoms in total. The molecule has 0 saturated carbocycles. The third-order valence-electron chi connectivity index (χ3n) is 4.42. The van der Waals surface area contributed by atoms with Crippen LogP contribution in [-0.4, -0.2) is 26.0 Å². The average Bonchev–Trinajstić information content (AvgIpc) is 2.91. The molecule has 0 saturated heterocycles. The highest BCUT2D eigenvalue weighted by atomic mass is 16.3. The predicted molar refractivity (Wildman–Crippen MR) is 117 cm³/mol. The monoisotopic (exact) mass is 395 g/mol. The topological polar surface area (TPSA) is 120 Å². The molecule has 0 radical (unpaired) electrons. The van der Waals surface area contributed by atoms with Crippen LogP contribution in [0.15, 0.2) is 29.6 Å².